The monoisotopic (exact) mass is 270 g/mol. The van der Waals surface area contributed by atoms with Gasteiger partial charge in [-0.1, -0.05) is 35.7 Å². The van der Waals surface area contributed by atoms with Crippen LogP contribution in [-0.4, -0.2) is 16.0 Å². The highest BCUT2D eigenvalue weighted by molar-refractivity contribution is 9.09. The fourth-order valence-electron chi connectivity index (χ4n) is 5.88. The summed E-state index contributed by atoms with van der Waals surface area (Å²) in [4.78, 5) is 0.749. The first-order valence-corrected chi connectivity index (χ1v) is 7.47. The molecule has 0 aromatic carbocycles. The van der Waals surface area contributed by atoms with E-state index in [1.165, 1.54) is 19.3 Å². The van der Waals surface area contributed by atoms with E-state index in [-0.39, 0.29) is 6.10 Å². The molecule has 84 valence electrons. The lowest BCUT2D eigenvalue weighted by molar-refractivity contribution is 0.104. The molecule has 5 aliphatic rings. The Morgan fingerprint density at radius 3 is 2.73 bits per heavy atom. The third-order valence-electron chi connectivity index (χ3n) is 6.11. The van der Waals surface area contributed by atoms with Crippen molar-refractivity contribution in [3.8, 4) is 0 Å². The van der Waals surface area contributed by atoms with Crippen molar-refractivity contribution in [1.29, 1.82) is 0 Å². The summed E-state index contributed by atoms with van der Waals surface area (Å²) in [5.74, 6) is 4.32. The Hall–Kier alpha value is 0.440. The standard InChI is InChI=1S/C13H19BrO/c1-2-3-4-13-10-6-5-7(15)9(11(10)13)8(6)12(13)14/h6-12,15H,2-5H2,1H3/t6?,7-,8?,9?,10?,11?,12?,13?/m0/s1. The summed E-state index contributed by atoms with van der Waals surface area (Å²) in [6.07, 6.45) is 5.30. The molecule has 0 aromatic rings. The number of hydrogen-bond donors (Lipinski definition) is 1. The summed E-state index contributed by atoms with van der Waals surface area (Å²) < 4.78 is 0. The van der Waals surface area contributed by atoms with Gasteiger partial charge in [-0.15, -0.1) is 0 Å². The molecule has 0 amide bonds. The van der Waals surface area contributed by atoms with Crippen LogP contribution < -0.4 is 0 Å². The molecule has 5 saturated carbocycles. The average molecular weight is 271 g/mol. The average Bonchev–Trinajstić information content (AvgIpc) is 2.47. The molecule has 1 nitrogen and oxygen atoms in total. The van der Waals surface area contributed by atoms with E-state index in [1.807, 2.05) is 0 Å². The fourth-order valence-corrected chi connectivity index (χ4v) is 7.46. The summed E-state index contributed by atoms with van der Waals surface area (Å²) in [5, 5.41) is 10.1. The zero-order chi connectivity index (χ0) is 10.4. The minimum absolute atomic E-state index is 0.0484. The number of aliphatic hydroxyl groups is 1. The molecule has 2 heteroatoms. The number of alkyl halides is 1. The maximum atomic E-state index is 10.1. The Kier molecular flexibility index (Phi) is 1.67. The molecule has 6 bridgehead atoms. The summed E-state index contributed by atoms with van der Waals surface area (Å²) in [5.41, 5.74) is 0.646. The van der Waals surface area contributed by atoms with E-state index in [0.29, 0.717) is 11.3 Å². The smallest absolute Gasteiger partial charge is 0.0577 e. The Labute approximate surface area is 99.8 Å². The summed E-state index contributed by atoms with van der Waals surface area (Å²) in [6, 6.07) is 0. The molecule has 0 radical (unpaired) electrons. The van der Waals surface area contributed by atoms with E-state index in [4.69, 9.17) is 0 Å². The molecule has 15 heavy (non-hydrogen) atoms. The van der Waals surface area contributed by atoms with Gasteiger partial charge in [0.1, 0.15) is 0 Å². The molecule has 8 atom stereocenters. The van der Waals surface area contributed by atoms with Gasteiger partial charge >= 0.3 is 0 Å². The van der Waals surface area contributed by atoms with E-state index in [9.17, 15) is 5.11 Å². The zero-order valence-corrected chi connectivity index (χ0v) is 10.8. The Bertz CT molecular complexity index is 314. The van der Waals surface area contributed by atoms with Crippen LogP contribution in [0.1, 0.15) is 32.6 Å². The van der Waals surface area contributed by atoms with Gasteiger partial charge in [-0.25, -0.2) is 0 Å². The van der Waals surface area contributed by atoms with Crippen LogP contribution >= 0.6 is 15.9 Å². The number of aliphatic hydroxyl groups excluding tert-OH is 1. The van der Waals surface area contributed by atoms with E-state index in [0.717, 1.165) is 34.9 Å². The van der Waals surface area contributed by atoms with Gasteiger partial charge in [0, 0.05) is 4.83 Å². The van der Waals surface area contributed by atoms with E-state index in [1.54, 1.807) is 0 Å². The lowest BCUT2D eigenvalue weighted by Crippen LogP contribution is -2.19. The SMILES string of the molecule is CCCCC12C(Br)C3C4C[C@H](O)C3C1C42. The van der Waals surface area contributed by atoms with Gasteiger partial charge in [-0.05, 0) is 47.8 Å². The van der Waals surface area contributed by atoms with Gasteiger partial charge < -0.3 is 5.11 Å². The van der Waals surface area contributed by atoms with Crippen molar-refractivity contribution in [2.75, 3.05) is 0 Å². The third-order valence-corrected chi connectivity index (χ3v) is 7.57. The first-order chi connectivity index (χ1) is 7.23. The van der Waals surface area contributed by atoms with Crippen molar-refractivity contribution in [1.82, 2.24) is 0 Å². The van der Waals surface area contributed by atoms with E-state index >= 15 is 0 Å². The highest BCUT2D eigenvalue weighted by atomic mass is 79.9. The fraction of sp³-hybridized carbons (Fsp3) is 1.00. The molecule has 5 aliphatic carbocycles. The van der Waals surface area contributed by atoms with Crippen LogP contribution in [0.4, 0.5) is 0 Å². The first kappa shape index (κ1) is 9.47. The Morgan fingerprint density at radius 1 is 1.33 bits per heavy atom. The third kappa shape index (κ3) is 0.782. The van der Waals surface area contributed by atoms with Crippen LogP contribution in [0, 0.1) is 35.0 Å². The van der Waals surface area contributed by atoms with Crippen molar-refractivity contribution in [3.63, 3.8) is 0 Å². The normalized spacial score (nSPS) is 67.8. The molecular formula is C13H19BrO. The lowest BCUT2D eigenvalue weighted by atomic mass is 9.96. The quantitative estimate of drug-likeness (QED) is 0.783. The van der Waals surface area contributed by atoms with Crippen LogP contribution in [0.25, 0.3) is 0 Å². The molecular weight excluding hydrogens is 252 g/mol. The van der Waals surface area contributed by atoms with Gasteiger partial charge in [0.2, 0.25) is 0 Å². The van der Waals surface area contributed by atoms with Crippen molar-refractivity contribution < 1.29 is 5.11 Å². The van der Waals surface area contributed by atoms with Crippen LogP contribution in [0.5, 0.6) is 0 Å². The minimum atomic E-state index is 0.0484. The second kappa shape index (κ2) is 2.64. The molecule has 5 rings (SSSR count). The number of unbranched alkanes of at least 4 members (excludes halogenated alkanes) is 1. The van der Waals surface area contributed by atoms with Crippen LogP contribution in [0.3, 0.4) is 0 Å². The number of halogens is 1. The largest absolute Gasteiger partial charge is 0.393 e. The van der Waals surface area contributed by atoms with Crippen LogP contribution in [0.15, 0.2) is 0 Å². The van der Waals surface area contributed by atoms with Crippen LogP contribution in [0.2, 0.25) is 0 Å². The molecule has 0 aliphatic heterocycles. The van der Waals surface area contributed by atoms with E-state index < -0.39 is 0 Å². The second-order valence-electron chi connectivity index (χ2n) is 6.29. The predicted molar refractivity (Wildman–Crippen MR) is 62.7 cm³/mol. The Morgan fingerprint density at radius 2 is 2.13 bits per heavy atom. The molecule has 0 saturated heterocycles. The highest BCUT2D eigenvalue weighted by Gasteiger charge is 2.88. The second-order valence-corrected chi connectivity index (χ2v) is 7.28. The maximum absolute atomic E-state index is 10.1. The van der Waals surface area contributed by atoms with Gasteiger partial charge in [0.25, 0.3) is 0 Å². The van der Waals surface area contributed by atoms with Gasteiger partial charge in [-0.3, -0.25) is 0 Å². The number of rotatable bonds is 3. The van der Waals surface area contributed by atoms with Gasteiger partial charge in [0.15, 0.2) is 0 Å². The number of hydrogen-bond acceptors (Lipinski definition) is 1. The molecule has 0 heterocycles. The molecule has 0 aromatic heterocycles. The Balaban J connectivity index is 1.67. The van der Waals surface area contributed by atoms with Crippen LogP contribution in [-0.2, 0) is 0 Å². The zero-order valence-electron chi connectivity index (χ0n) is 9.20. The van der Waals surface area contributed by atoms with Crippen molar-refractivity contribution in [3.05, 3.63) is 0 Å². The molecule has 0 spiro atoms. The minimum Gasteiger partial charge on any atom is -0.393 e. The van der Waals surface area contributed by atoms with Crippen molar-refractivity contribution in [2.45, 2.75) is 43.5 Å². The van der Waals surface area contributed by atoms with Crippen molar-refractivity contribution >= 4 is 15.9 Å². The first-order valence-electron chi connectivity index (χ1n) is 6.55. The lowest BCUT2D eigenvalue weighted by Gasteiger charge is -2.17. The predicted octanol–water partition coefficient (Wildman–Crippen LogP) is 2.81. The van der Waals surface area contributed by atoms with Gasteiger partial charge in [0.05, 0.1) is 6.10 Å². The van der Waals surface area contributed by atoms with Crippen molar-refractivity contribution in [2.24, 2.45) is 35.0 Å². The summed E-state index contributed by atoms with van der Waals surface area (Å²) >= 11 is 3.98. The van der Waals surface area contributed by atoms with Gasteiger partial charge in [-0.2, -0.15) is 0 Å². The maximum Gasteiger partial charge on any atom is 0.0577 e. The molecule has 7 unspecified atom stereocenters. The van der Waals surface area contributed by atoms with E-state index in [2.05, 4.69) is 22.9 Å². The summed E-state index contributed by atoms with van der Waals surface area (Å²) in [7, 11) is 0. The topological polar surface area (TPSA) is 20.2 Å². The molecule has 5 fully saturated rings. The molecule has 1 N–H and O–H groups in total. The highest BCUT2D eigenvalue weighted by Crippen LogP contribution is 2.89. The summed E-state index contributed by atoms with van der Waals surface area (Å²) in [6.45, 7) is 2.29.